The van der Waals surface area contributed by atoms with Crippen LogP contribution in [0.3, 0.4) is 0 Å². The van der Waals surface area contributed by atoms with E-state index in [0.717, 1.165) is 55.9 Å². The van der Waals surface area contributed by atoms with E-state index in [1.54, 1.807) is 11.3 Å². The zero-order valence-electron chi connectivity index (χ0n) is 19.0. The van der Waals surface area contributed by atoms with E-state index >= 15 is 0 Å². The number of thiazole rings is 1. The fourth-order valence-corrected chi connectivity index (χ4v) is 5.25. The number of likely N-dealkylation sites (tertiary alicyclic amines) is 1. The van der Waals surface area contributed by atoms with Crippen LogP contribution in [0.5, 0.6) is 0 Å². The first-order chi connectivity index (χ1) is 13.9. The van der Waals surface area contributed by atoms with Crippen molar-refractivity contribution in [3.63, 3.8) is 0 Å². The zero-order chi connectivity index (χ0) is 21.0. The molecule has 0 radical (unpaired) electrons. The molecule has 0 aliphatic carbocycles. The molecule has 3 rings (SSSR count). The van der Waals surface area contributed by atoms with Crippen LogP contribution in [-0.4, -0.2) is 84.4 Å². The largest absolute Gasteiger partial charge is 0.350 e. The summed E-state index contributed by atoms with van der Waals surface area (Å²) in [7, 11) is 1.83. The number of guanidine groups is 1. The summed E-state index contributed by atoms with van der Waals surface area (Å²) in [6.07, 6.45) is 1.23. The normalized spacial score (nSPS) is 23.3. The fourth-order valence-electron chi connectivity index (χ4n) is 4.38. The summed E-state index contributed by atoms with van der Waals surface area (Å²) in [5.74, 6) is 2.42. The molecule has 2 unspecified atom stereocenters. The first-order valence-corrected chi connectivity index (χ1v) is 11.6. The average Bonchev–Trinajstić information content (AvgIpc) is 3.00. The van der Waals surface area contributed by atoms with Gasteiger partial charge in [-0.05, 0) is 32.1 Å². The number of hydrogen-bond acceptors (Lipinski definition) is 5. The molecule has 1 aromatic rings. The molecular weight excluding hydrogens is 511 g/mol. The minimum atomic E-state index is 0. The van der Waals surface area contributed by atoms with Crippen molar-refractivity contribution in [1.82, 2.24) is 25.0 Å². The summed E-state index contributed by atoms with van der Waals surface area (Å²) in [4.78, 5) is 29.7. The van der Waals surface area contributed by atoms with Crippen LogP contribution in [0.4, 0.5) is 0 Å². The quantitative estimate of drug-likeness (QED) is 0.356. The molecule has 0 aromatic carbocycles. The molecule has 2 aliphatic rings. The lowest BCUT2D eigenvalue weighted by Gasteiger charge is -2.39. The molecular formula is C21H37IN6OS. The van der Waals surface area contributed by atoms with Crippen LogP contribution in [0.1, 0.15) is 35.8 Å². The van der Waals surface area contributed by atoms with E-state index in [4.69, 9.17) is 0 Å². The van der Waals surface area contributed by atoms with Gasteiger partial charge in [0.25, 0.3) is 0 Å². The molecule has 0 spiro atoms. The van der Waals surface area contributed by atoms with E-state index in [0.29, 0.717) is 24.9 Å². The number of nitrogens with zero attached hydrogens (tertiary/aromatic N) is 5. The van der Waals surface area contributed by atoms with Gasteiger partial charge in [-0.1, -0.05) is 13.8 Å². The highest BCUT2D eigenvalue weighted by Crippen LogP contribution is 2.21. The molecule has 170 valence electrons. The van der Waals surface area contributed by atoms with Crippen LogP contribution < -0.4 is 5.32 Å². The maximum atomic E-state index is 12.7. The van der Waals surface area contributed by atoms with Crippen molar-refractivity contribution in [2.24, 2.45) is 16.8 Å². The van der Waals surface area contributed by atoms with E-state index in [2.05, 4.69) is 57.7 Å². The summed E-state index contributed by atoms with van der Waals surface area (Å²) in [5, 5.41) is 4.54. The molecule has 9 heteroatoms. The number of carbonyl (C=O) groups is 1. The van der Waals surface area contributed by atoms with E-state index in [-0.39, 0.29) is 29.9 Å². The second-order valence-corrected chi connectivity index (χ2v) is 9.95. The highest BCUT2D eigenvalue weighted by atomic mass is 127. The van der Waals surface area contributed by atoms with Crippen LogP contribution in [0.15, 0.2) is 4.99 Å². The second-order valence-electron chi connectivity index (χ2n) is 8.66. The Labute approximate surface area is 202 Å². The second kappa shape index (κ2) is 11.6. The first-order valence-electron chi connectivity index (χ1n) is 10.7. The van der Waals surface area contributed by atoms with Gasteiger partial charge in [0.1, 0.15) is 5.01 Å². The van der Waals surface area contributed by atoms with Gasteiger partial charge in [0, 0.05) is 51.2 Å². The van der Waals surface area contributed by atoms with Gasteiger partial charge < -0.3 is 15.1 Å². The van der Waals surface area contributed by atoms with Gasteiger partial charge in [-0.2, -0.15) is 0 Å². The molecule has 2 saturated heterocycles. The number of carbonyl (C=O) groups excluding carboxylic acids is 1. The maximum Gasteiger partial charge on any atom is 0.236 e. The molecule has 30 heavy (non-hydrogen) atoms. The maximum absolute atomic E-state index is 12.7. The van der Waals surface area contributed by atoms with Crippen molar-refractivity contribution < 1.29 is 4.79 Å². The molecule has 2 atom stereocenters. The molecule has 1 amide bonds. The van der Waals surface area contributed by atoms with Gasteiger partial charge in [0.2, 0.25) is 5.91 Å². The van der Waals surface area contributed by atoms with Crippen molar-refractivity contribution in [2.45, 2.75) is 40.7 Å². The van der Waals surface area contributed by atoms with Crippen LogP contribution in [0.2, 0.25) is 0 Å². The van der Waals surface area contributed by atoms with E-state index in [9.17, 15) is 4.79 Å². The molecule has 3 heterocycles. The lowest BCUT2D eigenvalue weighted by Crippen LogP contribution is -2.55. The lowest BCUT2D eigenvalue weighted by atomic mass is 9.92. The van der Waals surface area contributed by atoms with Crippen molar-refractivity contribution >= 4 is 47.2 Å². The van der Waals surface area contributed by atoms with Crippen molar-refractivity contribution in [1.29, 1.82) is 0 Å². The minimum Gasteiger partial charge on any atom is -0.350 e. The number of rotatable bonds is 4. The number of aryl methyl sites for hydroxylation is 2. The van der Waals surface area contributed by atoms with Gasteiger partial charge in [-0.15, -0.1) is 35.3 Å². The summed E-state index contributed by atoms with van der Waals surface area (Å²) >= 11 is 1.74. The molecule has 7 nitrogen and oxygen atoms in total. The van der Waals surface area contributed by atoms with Crippen LogP contribution >= 0.6 is 35.3 Å². The van der Waals surface area contributed by atoms with Crippen molar-refractivity contribution in [3.8, 4) is 0 Å². The molecule has 2 fully saturated rings. The third-order valence-electron chi connectivity index (χ3n) is 5.93. The number of piperazine rings is 1. The Kier molecular flexibility index (Phi) is 9.80. The van der Waals surface area contributed by atoms with Gasteiger partial charge >= 0.3 is 0 Å². The Morgan fingerprint density at radius 1 is 1.13 bits per heavy atom. The number of hydrogen-bond donors (Lipinski definition) is 1. The number of nitrogens with one attached hydrogen (secondary N) is 1. The van der Waals surface area contributed by atoms with Crippen LogP contribution in [0.25, 0.3) is 0 Å². The third-order valence-corrected chi connectivity index (χ3v) is 7.01. The summed E-state index contributed by atoms with van der Waals surface area (Å²) in [6.45, 7) is 15.3. The molecule has 1 N–H and O–H groups in total. The summed E-state index contributed by atoms with van der Waals surface area (Å²) in [6, 6.07) is 0. The summed E-state index contributed by atoms with van der Waals surface area (Å²) in [5.41, 5.74) is 1.11. The average molecular weight is 549 g/mol. The topological polar surface area (TPSA) is 64.1 Å². The van der Waals surface area contributed by atoms with Gasteiger partial charge in [0.05, 0.1) is 18.8 Å². The van der Waals surface area contributed by atoms with Crippen molar-refractivity contribution in [3.05, 3.63) is 15.6 Å². The third kappa shape index (κ3) is 6.78. The Bertz CT molecular complexity index is 702. The predicted molar refractivity (Wildman–Crippen MR) is 135 cm³/mol. The summed E-state index contributed by atoms with van der Waals surface area (Å²) < 4.78 is 0. The number of aliphatic imine (C=N–C) groups is 1. The van der Waals surface area contributed by atoms with E-state index in [1.807, 2.05) is 7.05 Å². The van der Waals surface area contributed by atoms with Gasteiger partial charge in [-0.25, -0.2) is 4.98 Å². The Morgan fingerprint density at radius 2 is 1.77 bits per heavy atom. The van der Waals surface area contributed by atoms with Crippen LogP contribution in [0, 0.1) is 25.7 Å². The predicted octanol–water partition coefficient (Wildman–Crippen LogP) is 2.58. The fraction of sp³-hybridized carbons (Fsp3) is 0.762. The SMILES string of the molecule is CN=C(NCc1nc(C)c(C)s1)N1CCN(CC(=O)N2CC(C)CC(C)C2)CC1.I. The van der Waals surface area contributed by atoms with Crippen LogP contribution in [-0.2, 0) is 11.3 Å². The minimum absolute atomic E-state index is 0. The highest BCUT2D eigenvalue weighted by molar-refractivity contribution is 14.0. The smallest absolute Gasteiger partial charge is 0.236 e. The first kappa shape index (κ1) is 25.3. The number of aromatic nitrogens is 1. The molecule has 2 aliphatic heterocycles. The monoisotopic (exact) mass is 548 g/mol. The molecule has 0 bridgehead atoms. The van der Waals surface area contributed by atoms with E-state index in [1.165, 1.54) is 11.3 Å². The number of piperidine rings is 1. The number of halogens is 1. The zero-order valence-corrected chi connectivity index (χ0v) is 22.1. The highest BCUT2D eigenvalue weighted by Gasteiger charge is 2.28. The Balaban J connectivity index is 0.00000320. The number of amides is 1. The van der Waals surface area contributed by atoms with Gasteiger partial charge in [-0.3, -0.25) is 14.7 Å². The standard InChI is InChI=1S/C21H36N6OS.HI/c1-15-10-16(2)13-27(12-15)20(28)14-25-6-8-26(9-7-25)21(22-5)23-11-19-24-17(3)18(4)29-19;/h15-16H,6-14H2,1-5H3,(H,22,23);1H. The van der Waals surface area contributed by atoms with E-state index < -0.39 is 0 Å². The van der Waals surface area contributed by atoms with Crippen molar-refractivity contribution in [2.75, 3.05) is 52.9 Å². The molecule has 0 saturated carbocycles. The Morgan fingerprint density at radius 3 is 2.30 bits per heavy atom. The Hall–Kier alpha value is -0.940. The van der Waals surface area contributed by atoms with Gasteiger partial charge in [0.15, 0.2) is 5.96 Å². The molecule has 1 aromatic heterocycles. The lowest BCUT2D eigenvalue weighted by molar-refractivity contribution is -0.135.